The van der Waals surface area contributed by atoms with E-state index in [4.69, 9.17) is 9.47 Å². The molecule has 0 radical (unpaired) electrons. The van der Waals surface area contributed by atoms with E-state index in [0.717, 1.165) is 33.6 Å². The third-order valence-corrected chi connectivity index (χ3v) is 5.30. The number of imidazole rings is 1. The minimum absolute atomic E-state index is 0.184. The summed E-state index contributed by atoms with van der Waals surface area (Å²) in [6.07, 6.45) is 3.54. The van der Waals surface area contributed by atoms with Crippen molar-refractivity contribution in [2.45, 2.75) is 19.9 Å². The molecule has 4 aromatic rings. The van der Waals surface area contributed by atoms with Crippen molar-refractivity contribution in [1.82, 2.24) is 29.6 Å². The molecule has 0 aliphatic rings. The molecule has 0 aliphatic carbocycles. The van der Waals surface area contributed by atoms with Crippen LogP contribution in [0.4, 0.5) is 0 Å². The molecule has 9 nitrogen and oxygen atoms in total. The van der Waals surface area contributed by atoms with Crippen molar-refractivity contribution in [3.05, 3.63) is 65.4 Å². The summed E-state index contributed by atoms with van der Waals surface area (Å²) >= 11 is 0. The fourth-order valence-electron chi connectivity index (χ4n) is 3.74. The predicted octanol–water partition coefficient (Wildman–Crippen LogP) is 2.61. The summed E-state index contributed by atoms with van der Waals surface area (Å²) in [5.74, 6) is 1.55. The van der Waals surface area contributed by atoms with Crippen molar-refractivity contribution < 1.29 is 14.3 Å². The van der Waals surface area contributed by atoms with Crippen LogP contribution in [-0.2, 0) is 18.9 Å². The molecule has 0 fully saturated rings. The van der Waals surface area contributed by atoms with Crippen molar-refractivity contribution in [2.75, 3.05) is 13.7 Å². The van der Waals surface area contributed by atoms with Crippen molar-refractivity contribution in [3.8, 4) is 11.6 Å². The Bertz CT molecular complexity index is 1260. The highest BCUT2D eigenvalue weighted by atomic mass is 16.5. The fraction of sp³-hybridized carbons (Fsp3) is 0.304. The maximum atomic E-state index is 12.9. The lowest BCUT2D eigenvalue weighted by Gasteiger charge is -2.19. The smallest absolute Gasteiger partial charge is 0.258 e. The van der Waals surface area contributed by atoms with Crippen LogP contribution in [0.25, 0.3) is 11.0 Å². The summed E-state index contributed by atoms with van der Waals surface area (Å²) in [5.41, 5.74) is 3.51. The molecule has 1 aromatic carbocycles. The van der Waals surface area contributed by atoms with Gasteiger partial charge in [-0.1, -0.05) is 12.1 Å². The van der Waals surface area contributed by atoms with Crippen LogP contribution in [0.15, 0.2) is 42.7 Å². The van der Waals surface area contributed by atoms with Gasteiger partial charge in [-0.15, -0.1) is 5.10 Å². The average Bonchev–Trinajstić information content (AvgIpc) is 3.33. The van der Waals surface area contributed by atoms with Crippen LogP contribution < -0.4 is 14.8 Å². The van der Waals surface area contributed by atoms with Gasteiger partial charge in [0, 0.05) is 32.2 Å². The quantitative estimate of drug-likeness (QED) is 0.480. The zero-order valence-electron chi connectivity index (χ0n) is 18.8. The zero-order valence-corrected chi connectivity index (χ0v) is 18.8. The summed E-state index contributed by atoms with van der Waals surface area (Å²) in [5, 5.41) is 8.24. The van der Waals surface area contributed by atoms with Crippen LogP contribution >= 0.6 is 0 Å². The second-order valence-electron chi connectivity index (χ2n) is 7.67. The molecular formula is C23H26N6O3. The van der Waals surface area contributed by atoms with Gasteiger partial charge in [-0.3, -0.25) is 4.79 Å². The molecule has 1 unspecified atom stereocenters. The highest BCUT2D eigenvalue weighted by Crippen LogP contribution is 2.27. The van der Waals surface area contributed by atoms with Gasteiger partial charge in [0.25, 0.3) is 5.91 Å². The molecule has 3 aromatic heterocycles. The first-order chi connectivity index (χ1) is 15.4. The van der Waals surface area contributed by atoms with Gasteiger partial charge in [0.1, 0.15) is 17.6 Å². The number of aromatic nitrogens is 5. The third kappa shape index (κ3) is 4.14. The number of benzene rings is 1. The summed E-state index contributed by atoms with van der Waals surface area (Å²) < 4.78 is 14.6. The predicted molar refractivity (Wildman–Crippen MR) is 120 cm³/mol. The Balaban J connectivity index is 1.54. The second-order valence-corrected chi connectivity index (χ2v) is 7.67. The van der Waals surface area contributed by atoms with Crippen LogP contribution in [0.3, 0.4) is 0 Å². The first-order valence-corrected chi connectivity index (χ1v) is 10.2. The Hall–Kier alpha value is -3.88. The number of hydrogen-bond donors (Lipinski definition) is 1. The van der Waals surface area contributed by atoms with Crippen molar-refractivity contribution >= 4 is 16.9 Å². The Morgan fingerprint density at radius 2 is 1.94 bits per heavy atom. The zero-order chi connectivity index (χ0) is 22.8. The van der Waals surface area contributed by atoms with Gasteiger partial charge in [0.15, 0.2) is 12.3 Å². The summed E-state index contributed by atoms with van der Waals surface area (Å²) in [6, 6.07) is 9.05. The minimum atomic E-state index is -0.441. The summed E-state index contributed by atoms with van der Waals surface area (Å²) in [7, 11) is 5.31. The Morgan fingerprint density at radius 3 is 2.59 bits per heavy atom. The monoisotopic (exact) mass is 434 g/mol. The second kappa shape index (κ2) is 8.70. The van der Waals surface area contributed by atoms with Crippen molar-refractivity contribution in [3.63, 3.8) is 0 Å². The van der Waals surface area contributed by atoms with Gasteiger partial charge in [0.05, 0.1) is 12.5 Å². The van der Waals surface area contributed by atoms with Gasteiger partial charge in [-0.25, -0.2) is 14.6 Å². The van der Waals surface area contributed by atoms with Gasteiger partial charge in [-0.2, -0.15) is 0 Å². The number of rotatable bonds is 7. The molecule has 0 spiro atoms. The van der Waals surface area contributed by atoms with Gasteiger partial charge in [0.2, 0.25) is 5.88 Å². The lowest BCUT2D eigenvalue weighted by Crippen LogP contribution is -2.34. The molecule has 4 rings (SSSR count). The largest absolute Gasteiger partial charge is 0.497 e. The molecule has 9 heteroatoms. The standard InChI is InChI=1S/C23H26N6O3/c1-14-12-15(2)25-21-19(14)23(27-29(21)4)32-13-18(30)26-20(22-24-10-11-28(22)3)16-6-8-17(31-5)9-7-16/h6-12,20H,13H2,1-5H3,(H,26,30). The summed E-state index contributed by atoms with van der Waals surface area (Å²) in [4.78, 5) is 21.8. The van der Waals surface area contributed by atoms with E-state index >= 15 is 0 Å². The molecule has 0 saturated heterocycles. The number of ether oxygens (including phenoxy) is 2. The van der Waals surface area contributed by atoms with Crippen LogP contribution in [0, 0.1) is 13.8 Å². The molecule has 32 heavy (non-hydrogen) atoms. The van der Waals surface area contributed by atoms with Gasteiger partial charge < -0.3 is 19.4 Å². The molecule has 3 heterocycles. The Morgan fingerprint density at radius 1 is 1.19 bits per heavy atom. The summed E-state index contributed by atoms with van der Waals surface area (Å²) in [6.45, 7) is 3.73. The van der Waals surface area contributed by atoms with Gasteiger partial charge >= 0.3 is 0 Å². The van der Waals surface area contributed by atoms with Crippen molar-refractivity contribution in [1.29, 1.82) is 0 Å². The van der Waals surface area contributed by atoms with Crippen LogP contribution in [0.1, 0.15) is 28.7 Å². The number of pyridine rings is 1. The van der Waals surface area contributed by atoms with E-state index in [2.05, 4.69) is 20.4 Å². The van der Waals surface area contributed by atoms with E-state index in [1.165, 1.54) is 0 Å². The number of carbonyl (C=O) groups is 1. The number of nitrogens with zero attached hydrogens (tertiary/aromatic N) is 5. The van der Waals surface area contributed by atoms with E-state index in [-0.39, 0.29) is 12.5 Å². The highest BCUT2D eigenvalue weighted by Gasteiger charge is 2.22. The van der Waals surface area contributed by atoms with Crippen LogP contribution in [-0.4, -0.2) is 43.9 Å². The molecular weight excluding hydrogens is 408 g/mol. The normalized spacial score (nSPS) is 12.0. The van der Waals surface area contributed by atoms with E-state index < -0.39 is 6.04 Å². The number of hydrogen-bond acceptors (Lipinski definition) is 6. The number of amides is 1. The fourth-order valence-corrected chi connectivity index (χ4v) is 3.74. The first kappa shape index (κ1) is 21.4. The molecule has 166 valence electrons. The van der Waals surface area contributed by atoms with E-state index in [9.17, 15) is 4.79 Å². The molecule has 0 bridgehead atoms. The Kier molecular flexibility index (Phi) is 5.81. The molecule has 1 atom stereocenters. The van der Waals surface area contributed by atoms with Crippen LogP contribution in [0.5, 0.6) is 11.6 Å². The number of methoxy groups -OCH3 is 1. The average molecular weight is 435 g/mol. The number of nitrogens with one attached hydrogen (secondary N) is 1. The Labute approximate surface area is 186 Å². The number of fused-ring (bicyclic) bond motifs is 1. The lowest BCUT2D eigenvalue weighted by molar-refractivity contribution is -0.123. The van der Waals surface area contributed by atoms with E-state index in [0.29, 0.717) is 11.7 Å². The topological polar surface area (TPSA) is 96.1 Å². The number of aryl methyl sites for hydroxylation is 4. The SMILES string of the molecule is COc1ccc(C(NC(=O)COc2nn(C)c3nc(C)cc(C)c23)c2nccn2C)cc1. The lowest BCUT2D eigenvalue weighted by atomic mass is 10.1. The molecule has 1 amide bonds. The maximum Gasteiger partial charge on any atom is 0.258 e. The molecule has 0 saturated carbocycles. The van der Waals surface area contributed by atoms with E-state index in [1.807, 2.05) is 69.0 Å². The minimum Gasteiger partial charge on any atom is -0.497 e. The van der Waals surface area contributed by atoms with Gasteiger partial charge in [-0.05, 0) is 43.2 Å². The highest BCUT2D eigenvalue weighted by molar-refractivity contribution is 5.86. The first-order valence-electron chi connectivity index (χ1n) is 10.2. The maximum absolute atomic E-state index is 12.9. The molecule has 1 N–H and O–H groups in total. The number of carbonyl (C=O) groups excluding carboxylic acids is 1. The van der Waals surface area contributed by atoms with Crippen LogP contribution in [0.2, 0.25) is 0 Å². The molecule has 0 aliphatic heterocycles. The van der Waals surface area contributed by atoms with E-state index in [1.54, 1.807) is 18.0 Å². The third-order valence-electron chi connectivity index (χ3n) is 5.30. The van der Waals surface area contributed by atoms with Crippen molar-refractivity contribution in [2.24, 2.45) is 14.1 Å².